The van der Waals surface area contributed by atoms with Crippen molar-refractivity contribution in [1.29, 1.82) is 0 Å². The highest BCUT2D eigenvalue weighted by Gasteiger charge is 2.27. The van der Waals surface area contributed by atoms with E-state index in [1.54, 1.807) is 18.2 Å². The van der Waals surface area contributed by atoms with E-state index in [1.165, 1.54) is 0 Å². The van der Waals surface area contributed by atoms with Crippen LogP contribution in [0.2, 0.25) is 0 Å². The fraction of sp³-hybridized carbons (Fsp3) is 0.455. The lowest BCUT2D eigenvalue weighted by Gasteiger charge is -2.10. The summed E-state index contributed by atoms with van der Waals surface area (Å²) in [6.45, 7) is -0.964. The minimum atomic E-state index is -4.28. The molecule has 0 heterocycles. The lowest BCUT2D eigenvalue weighted by molar-refractivity contribution is -0.174. The van der Waals surface area contributed by atoms with Crippen molar-refractivity contribution in [3.8, 4) is 5.75 Å². The third kappa shape index (κ3) is 6.11. The van der Waals surface area contributed by atoms with Gasteiger partial charge in [0.05, 0.1) is 17.7 Å². The van der Waals surface area contributed by atoms with Gasteiger partial charge in [-0.25, -0.2) is 0 Å². The van der Waals surface area contributed by atoms with Gasteiger partial charge in [0.15, 0.2) is 0 Å². The third-order valence-electron chi connectivity index (χ3n) is 1.91. The molecule has 0 aliphatic rings. The molecule has 0 aromatic heterocycles. The number of rotatable bonds is 6. The van der Waals surface area contributed by atoms with E-state index in [0.717, 1.165) is 4.47 Å². The molecule has 0 spiro atoms. The standard InChI is InChI=1S/C11H13BrF3NO2/c12-9-3-2-8(16)6-10(9)18-5-1-4-17-7-11(13,14)15/h2-3,6H,1,4-5,7,16H2. The summed E-state index contributed by atoms with van der Waals surface area (Å²) in [5, 5.41) is 0. The summed E-state index contributed by atoms with van der Waals surface area (Å²) in [5.74, 6) is 0.561. The predicted octanol–water partition coefficient (Wildman–Crippen LogP) is 3.38. The second-order valence-corrected chi connectivity index (χ2v) is 4.41. The van der Waals surface area contributed by atoms with Crippen LogP contribution in [0.3, 0.4) is 0 Å². The number of hydrogen-bond acceptors (Lipinski definition) is 3. The Morgan fingerprint density at radius 3 is 2.61 bits per heavy atom. The van der Waals surface area contributed by atoms with Crippen LogP contribution in [-0.4, -0.2) is 26.0 Å². The molecule has 0 aliphatic carbocycles. The highest BCUT2D eigenvalue weighted by Crippen LogP contribution is 2.27. The van der Waals surface area contributed by atoms with Gasteiger partial charge in [0.2, 0.25) is 0 Å². The van der Waals surface area contributed by atoms with Crippen molar-refractivity contribution in [3.05, 3.63) is 22.7 Å². The number of nitrogen functional groups attached to an aromatic ring is 1. The largest absolute Gasteiger partial charge is 0.492 e. The van der Waals surface area contributed by atoms with Gasteiger partial charge in [-0.15, -0.1) is 0 Å². The fourth-order valence-electron chi connectivity index (χ4n) is 1.16. The van der Waals surface area contributed by atoms with Crippen molar-refractivity contribution in [2.24, 2.45) is 0 Å². The fourth-order valence-corrected chi connectivity index (χ4v) is 1.52. The first-order chi connectivity index (χ1) is 8.38. The van der Waals surface area contributed by atoms with E-state index in [2.05, 4.69) is 20.7 Å². The number of nitrogens with two attached hydrogens (primary N) is 1. The molecule has 18 heavy (non-hydrogen) atoms. The molecule has 3 nitrogen and oxygen atoms in total. The van der Waals surface area contributed by atoms with Gasteiger partial charge >= 0.3 is 6.18 Å². The van der Waals surface area contributed by atoms with Crippen LogP contribution in [0.15, 0.2) is 22.7 Å². The topological polar surface area (TPSA) is 44.5 Å². The van der Waals surface area contributed by atoms with Crippen LogP contribution in [0.4, 0.5) is 18.9 Å². The Balaban J connectivity index is 2.20. The molecule has 0 fully saturated rings. The van der Waals surface area contributed by atoms with Crippen LogP contribution >= 0.6 is 15.9 Å². The zero-order valence-corrected chi connectivity index (χ0v) is 11.1. The Kier molecular flexibility index (Phi) is 5.74. The van der Waals surface area contributed by atoms with Gasteiger partial charge in [-0.2, -0.15) is 13.2 Å². The molecule has 2 N–H and O–H groups in total. The number of halogens is 4. The lowest BCUT2D eigenvalue weighted by Crippen LogP contribution is -2.18. The normalized spacial score (nSPS) is 11.6. The second-order valence-electron chi connectivity index (χ2n) is 3.56. The maximum atomic E-state index is 11.8. The minimum absolute atomic E-state index is 0.000551. The van der Waals surface area contributed by atoms with Gasteiger partial charge in [0.25, 0.3) is 0 Å². The van der Waals surface area contributed by atoms with Crippen LogP contribution < -0.4 is 10.5 Å². The molecular weight excluding hydrogens is 315 g/mol. The van der Waals surface area contributed by atoms with Gasteiger partial charge in [0, 0.05) is 18.2 Å². The SMILES string of the molecule is Nc1ccc(Br)c(OCCCOCC(F)(F)F)c1. The van der Waals surface area contributed by atoms with Crippen molar-refractivity contribution < 1.29 is 22.6 Å². The van der Waals surface area contributed by atoms with Gasteiger partial charge in [-0.3, -0.25) is 0 Å². The maximum absolute atomic E-state index is 11.8. The molecular formula is C11H13BrF3NO2. The Hall–Kier alpha value is -0.950. The Labute approximate surface area is 111 Å². The van der Waals surface area contributed by atoms with E-state index in [4.69, 9.17) is 10.5 Å². The molecule has 0 radical (unpaired) electrons. The quantitative estimate of drug-likeness (QED) is 0.643. The van der Waals surface area contributed by atoms with E-state index in [0.29, 0.717) is 17.9 Å². The van der Waals surface area contributed by atoms with Gasteiger partial charge in [0.1, 0.15) is 12.4 Å². The summed E-state index contributed by atoms with van der Waals surface area (Å²) in [4.78, 5) is 0. The van der Waals surface area contributed by atoms with Crippen molar-refractivity contribution in [1.82, 2.24) is 0 Å². The van der Waals surface area contributed by atoms with Crippen molar-refractivity contribution in [2.45, 2.75) is 12.6 Å². The number of anilines is 1. The molecule has 0 bridgehead atoms. The first-order valence-corrected chi connectivity index (χ1v) is 6.00. The molecule has 7 heteroatoms. The van der Waals surface area contributed by atoms with Crippen LogP contribution in [0, 0.1) is 0 Å². The zero-order chi connectivity index (χ0) is 13.6. The smallest absolute Gasteiger partial charge is 0.411 e. The molecule has 0 unspecified atom stereocenters. The molecule has 102 valence electrons. The maximum Gasteiger partial charge on any atom is 0.411 e. The van der Waals surface area contributed by atoms with Crippen LogP contribution in [0.25, 0.3) is 0 Å². The van der Waals surface area contributed by atoms with E-state index in [-0.39, 0.29) is 13.2 Å². The first-order valence-electron chi connectivity index (χ1n) is 5.21. The summed E-state index contributed by atoms with van der Waals surface area (Å²) in [7, 11) is 0. The zero-order valence-electron chi connectivity index (χ0n) is 9.47. The highest BCUT2D eigenvalue weighted by atomic mass is 79.9. The summed E-state index contributed by atoms with van der Waals surface area (Å²) in [6.07, 6.45) is -3.91. The Morgan fingerprint density at radius 1 is 1.22 bits per heavy atom. The summed E-state index contributed by atoms with van der Waals surface area (Å²) < 4.78 is 45.8. The predicted molar refractivity (Wildman–Crippen MR) is 65.5 cm³/mol. The lowest BCUT2D eigenvalue weighted by atomic mass is 10.3. The molecule has 1 aromatic carbocycles. The monoisotopic (exact) mass is 327 g/mol. The van der Waals surface area contributed by atoms with Crippen molar-refractivity contribution >= 4 is 21.6 Å². The molecule has 0 amide bonds. The van der Waals surface area contributed by atoms with E-state index < -0.39 is 12.8 Å². The van der Waals surface area contributed by atoms with Gasteiger partial charge < -0.3 is 15.2 Å². The number of alkyl halides is 3. The van der Waals surface area contributed by atoms with Crippen molar-refractivity contribution in [2.75, 3.05) is 25.6 Å². The minimum Gasteiger partial charge on any atom is -0.492 e. The summed E-state index contributed by atoms with van der Waals surface area (Å²) >= 11 is 3.28. The van der Waals surface area contributed by atoms with E-state index >= 15 is 0 Å². The van der Waals surface area contributed by atoms with Crippen molar-refractivity contribution in [3.63, 3.8) is 0 Å². The summed E-state index contributed by atoms with van der Waals surface area (Å²) in [6, 6.07) is 5.09. The molecule has 0 saturated carbocycles. The third-order valence-corrected chi connectivity index (χ3v) is 2.57. The number of benzene rings is 1. The Morgan fingerprint density at radius 2 is 1.94 bits per heavy atom. The van der Waals surface area contributed by atoms with Crippen LogP contribution in [0.1, 0.15) is 6.42 Å². The Bertz CT molecular complexity index is 385. The van der Waals surface area contributed by atoms with E-state index in [9.17, 15) is 13.2 Å². The molecule has 0 saturated heterocycles. The van der Waals surface area contributed by atoms with Gasteiger partial charge in [-0.05, 0) is 28.1 Å². The number of hydrogen-bond donors (Lipinski definition) is 1. The van der Waals surface area contributed by atoms with Crippen LogP contribution in [0.5, 0.6) is 5.75 Å². The molecule has 0 aliphatic heterocycles. The average molecular weight is 328 g/mol. The average Bonchev–Trinajstić information content (AvgIpc) is 2.26. The highest BCUT2D eigenvalue weighted by molar-refractivity contribution is 9.10. The molecule has 0 atom stereocenters. The second kappa shape index (κ2) is 6.84. The van der Waals surface area contributed by atoms with E-state index in [1.807, 2.05) is 0 Å². The molecule has 1 rings (SSSR count). The number of ether oxygens (including phenoxy) is 2. The van der Waals surface area contributed by atoms with Crippen LogP contribution in [-0.2, 0) is 4.74 Å². The molecule has 1 aromatic rings. The van der Waals surface area contributed by atoms with Gasteiger partial charge in [-0.1, -0.05) is 0 Å². The summed E-state index contributed by atoms with van der Waals surface area (Å²) in [5.41, 5.74) is 6.13. The first kappa shape index (κ1) is 15.1.